The first kappa shape index (κ1) is 28.6. The van der Waals surface area contributed by atoms with Gasteiger partial charge in [-0.2, -0.15) is 0 Å². The van der Waals surface area contributed by atoms with Crippen LogP contribution in [0.5, 0.6) is 0 Å². The van der Waals surface area contributed by atoms with E-state index in [-0.39, 0.29) is 0 Å². The third-order valence-electron chi connectivity index (χ3n) is 8.40. The first-order chi connectivity index (χ1) is 23.2. The van der Waals surface area contributed by atoms with E-state index in [1.54, 1.807) is 6.07 Å². The zero-order valence-corrected chi connectivity index (χ0v) is 26.2. The van der Waals surface area contributed by atoms with Crippen LogP contribution < -0.4 is 4.90 Å². The van der Waals surface area contributed by atoms with Crippen LogP contribution in [0.15, 0.2) is 180 Å². The van der Waals surface area contributed by atoms with Gasteiger partial charge in [-0.3, -0.25) is 0 Å². The fraction of sp³-hybridized carbons (Fsp3) is 0. The Hall–Kier alpha value is -5.90. The third-order valence-corrected chi connectivity index (χ3v) is 8.64. The zero-order valence-electron chi connectivity index (χ0n) is 25.4. The molecule has 47 heavy (non-hydrogen) atoms. The van der Waals surface area contributed by atoms with Crippen LogP contribution in [0.1, 0.15) is 0 Å². The molecule has 0 N–H and O–H groups in total. The van der Waals surface area contributed by atoms with Gasteiger partial charge in [0.15, 0.2) is 5.58 Å². The summed E-state index contributed by atoms with van der Waals surface area (Å²) in [6.07, 6.45) is 0. The van der Waals surface area contributed by atoms with Gasteiger partial charge in [0.05, 0.1) is 0 Å². The summed E-state index contributed by atoms with van der Waals surface area (Å²) < 4.78 is 6.01. The number of halogens is 1. The topological polar surface area (TPSA) is 29.3 Å². The Kier molecular flexibility index (Phi) is 7.58. The molecule has 0 fully saturated rings. The molecule has 0 radical (unpaired) electrons. The predicted molar refractivity (Wildman–Crippen MR) is 195 cm³/mol. The first-order valence-corrected chi connectivity index (χ1v) is 16.0. The van der Waals surface area contributed by atoms with E-state index in [1.165, 1.54) is 16.7 Å². The SMILES string of the molecule is Clc1ccc2nc(-c3ccc(-c4ccccc4-c4ccccc4-c4ccc(N(c5ccccc5)c5ccccc5)cc4)cc3)oc2c1. The van der Waals surface area contributed by atoms with Crippen molar-refractivity contribution >= 4 is 39.8 Å². The van der Waals surface area contributed by atoms with Gasteiger partial charge in [-0.15, -0.1) is 0 Å². The molecule has 8 rings (SSSR count). The van der Waals surface area contributed by atoms with Gasteiger partial charge in [-0.25, -0.2) is 4.98 Å². The van der Waals surface area contributed by atoms with E-state index in [1.807, 2.05) is 24.3 Å². The van der Waals surface area contributed by atoms with Crippen LogP contribution in [0, 0.1) is 0 Å². The molecule has 0 aliphatic heterocycles. The molecule has 1 aromatic heterocycles. The second kappa shape index (κ2) is 12.5. The van der Waals surface area contributed by atoms with Crippen LogP contribution >= 0.6 is 11.6 Å². The summed E-state index contributed by atoms with van der Waals surface area (Å²) in [6.45, 7) is 0. The van der Waals surface area contributed by atoms with Crippen molar-refractivity contribution in [2.75, 3.05) is 4.90 Å². The minimum absolute atomic E-state index is 0.578. The highest BCUT2D eigenvalue weighted by molar-refractivity contribution is 6.31. The van der Waals surface area contributed by atoms with E-state index in [0.717, 1.165) is 44.8 Å². The Bertz CT molecular complexity index is 2250. The quantitative estimate of drug-likeness (QED) is 0.177. The molecule has 7 aromatic carbocycles. The molecular formula is C43H29ClN2O. The molecule has 0 saturated heterocycles. The first-order valence-electron chi connectivity index (χ1n) is 15.6. The van der Waals surface area contributed by atoms with Gasteiger partial charge in [0.1, 0.15) is 5.52 Å². The fourth-order valence-electron chi connectivity index (χ4n) is 6.15. The zero-order chi connectivity index (χ0) is 31.6. The van der Waals surface area contributed by atoms with Gasteiger partial charge in [-0.1, -0.05) is 121 Å². The molecule has 224 valence electrons. The summed E-state index contributed by atoms with van der Waals surface area (Å²) in [5.41, 5.74) is 12.7. The van der Waals surface area contributed by atoms with E-state index in [9.17, 15) is 0 Å². The lowest BCUT2D eigenvalue weighted by atomic mass is 9.89. The maximum atomic E-state index is 6.15. The number of rotatable bonds is 7. The average molecular weight is 625 g/mol. The molecule has 0 unspecified atom stereocenters. The minimum Gasteiger partial charge on any atom is -0.436 e. The van der Waals surface area contributed by atoms with Crippen LogP contribution in [0.3, 0.4) is 0 Å². The average Bonchev–Trinajstić information content (AvgIpc) is 3.56. The highest BCUT2D eigenvalue weighted by atomic mass is 35.5. The lowest BCUT2D eigenvalue weighted by Gasteiger charge is -2.25. The smallest absolute Gasteiger partial charge is 0.227 e. The standard InChI is InChI=1S/C43H29ClN2O/c44-33-25-28-41-42(29-33)47-43(45-41)32-21-19-30(20-22-32)37-15-7-9-17-39(37)40-18-10-8-16-38(40)31-23-26-36(27-24-31)46(34-11-3-1-4-12-34)35-13-5-2-6-14-35/h1-29H. The summed E-state index contributed by atoms with van der Waals surface area (Å²) in [5.74, 6) is 0.578. The number of nitrogens with zero attached hydrogens (tertiary/aromatic N) is 2. The van der Waals surface area contributed by atoms with E-state index in [4.69, 9.17) is 16.0 Å². The van der Waals surface area contributed by atoms with Gasteiger partial charge in [0.25, 0.3) is 0 Å². The van der Waals surface area contributed by atoms with E-state index in [2.05, 4.69) is 155 Å². The Morgan fingerprint density at radius 2 is 0.872 bits per heavy atom. The number of hydrogen-bond acceptors (Lipinski definition) is 3. The second-order valence-corrected chi connectivity index (χ2v) is 11.8. The number of aromatic nitrogens is 1. The summed E-state index contributed by atoms with van der Waals surface area (Å²) in [6, 6.07) is 60.9. The van der Waals surface area contributed by atoms with Crippen molar-refractivity contribution in [1.29, 1.82) is 0 Å². The molecule has 4 heteroatoms. The Balaban J connectivity index is 1.14. The molecule has 0 atom stereocenters. The maximum Gasteiger partial charge on any atom is 0.227 e. The monoisotopic (exact) mass is 624 g/mol. The number of benzene rings is 7. The summed E-state index contributed by atoms with van der Waals surface area (Å²) in [5, 5.41) is 0.629. The van der Waals surface area contributed by atoms with Gasteiger partial charge in [0.2, 0.25) is 5.89 Å². The second-order valence-electron chi connectivity index (χ2n) is 11.4. The molecule has 8 aromatic rings. The molecule has 1 heterocycles. The summed E-state index contributed by atoms with van der Waals surface area (Å²) >= 11 is 6.15. The molecule has 0 bridgehead atoms. The fourth-order valence-corrected chi connectivity index (χ4v) is 6.31. The molecule has 0 aliphatic carbocycles. The number of oxazole rings is 1. The van der Waals surface area contributed by atoms with Crippen molar-refractivity contribution in [3.05, 3.63) is 181 Å². The predicted octanol–water partition coefficient (Wildman–Crippen LogP) is 12.6. The molecule has 3 nitrogen and oxygen atoms in total. The Labute approximate surface area is 279 Å². The summed E-state index contributed by atoms with van der Waals surface area (Å²) in [4.78, 5) is 6.94. The van der Waals surface area contributed by atoms with Crippen molar-refractivity contribution < 1.29 is 4.42 Å². The molecule has 0 amide bonds. The highest BCUT2D eigenvalue weighted by Crippen LogP contribution is 2.40. The van der Waals surface area contributed by atoms with Crippen molar-refractivity contribution in [3.63, 3.8) is 0 Å². The van der Waals surface area contributed by atoms with Crippen LogP contribution in [0.2, 0.25) is 5.02 Å². The summed E-state index contributed by atoms with van der Waals surface area (Å²) in [7, 11) is 0. The largest absolute Gasteiger partial charge is 0.436 e. The van der Waals surface area contributed by atoms with Crippen molar-refractivity contribution in [1.82, 2.24) is 4.98 Å². The normalized spacial score (nSPS) is 11.1. The minimum atomic E-state index is 0.578. The van der Waals surface area contributed by atoms with Crippen LogP contribution in [0.4, 0.5) is 17.1 Å². The van der Waals surface area contributed by atoms with Gasteiger partial charge < -0.3 is 9.32 Å². The number of hydrogen-bond donors (Lipinski definition) is 0. The maximum absolute atomic E-state index is 6.15. The lowest BCUT2D eigenvalue weighted by Crippen LogP contribution is -2.09. The number of fused-ring (bicyclic) bond motifs is 1. The Morgan fingerprint density at radius 1 is 0.426 bits per heavy atom. The van der Waals surface area contributed by atoms with Gasteiger partial charge in [-0.05, 0) is 94.0 Å². The van der Waals surface area contributed by atoms with Gasteiger partial charge >= 0.3 is 0 Å². The molecule has 0 aliphatic rings. The van der Waals surface area contributed by atoms with E-state index < -0.39 is 0 Å². The van der Waals surface area contributed by atoms with Crippen molar-refractivity contribution in [2.24, 2.45) is 0 Å². The Morgan fingerprint density at radius 3 is 1.43 bits per heavy atom. The molecule has 0 saturated carbocycles. The lowest BCUT2D eigenvalue weighted by molar-refractivity contribution is 0.620. The van der Waals surface area contributed by atoms with Crippen molar-refractivity contribution in [3.8, 4) is 44.8 Å². The van der Waals surface area contributed by atoms with Gasteiger partial charge in [0, 0.05) is 33.7 Å². The van der Waals surface area contributed by atoms with Crippen LogP contribution in [0.25, 0.3) is 55.9 Å². The molecular weight excluding hydrogens is 596 g/mol. The third kappa shape index (κ3) is 5.69. The van der Waals surface area contributed by atoms with E-state index >= 15 is 0 Å². The van der Waals surface area contributed by atoms with Crippen LogP contribution in [-0.4, -0.2) is 4.98 Å². The number of anilines is 3. The highest BCUT2D eigenvalue weighted by Gasteiger charge is 2.16. The van der Waals surface area contributed by atoms with E-state index in [0.29, 0.717) is 16.5 Å². The van der Waals surface area contributed by atoms with Crippen molar-refractivity contribution in [2.45, 2.75) is 0 Å². The number of para-hydroxylation sites is 2. The molecule has 0 spiro atoms. The van der Waals surface area contributed by atoms with Crippen LogP contribution in [-0.2, 0) is 0 Å².